The maximum atomic E-state index is 11.7. The smallest absolute Gasteiger partial charge is 0.141 e. The number of carbonyl (C=O) groups excluding carboxylic acids is 2. The van der Waals surface area contributed by atoms with Crippen molar-refractivity contribution in [1.29, 1.82) is 0 Å². The van der Waals surface area contributed by atoms with Crippen LogP contribution in [0.3, 0.4) is 0 Å². The average Bonchev–Trinajstić information content (AvgIpc) is 4.38. The Morgan fingerprint density at radius 2 is 0.853 bits per heavy atom. The Morgan fingerprint density at radius 1 is 0.493 bits per heavy atom. The highest BCUT2D eigenvalue weighted by Crippen LogP contribution is 2.42. The van der Waals surface area contributed by atoms with E-state index in [2.05, 4.69) is 150 Å². The molecule has 0 saturated carbocycles. The summed E-state index contributed by atoms with van der Waals surface area (Å²) < 4.78 is 32.9. The molecular formula is C62H93FN4O8. The molecule has 0 aliphatic carbocycles. The standard InChI is InChI=1S/2C16H23NO2.C15H21NO2.C9H13N.C5H8O2.CH4.FH/c2*1-17(9-7-14-5-3-2-4-6-14)11-15-12-18-10-8-16(15)13-19-16;1-16(9-7-13-5-3-2-4-6-13)11-14-12-18-10-8-15(14)17;1-10-8-7-9-5-3-2-4-6-9;6-5-1-3-7-4-2-5;;/h2*2-6,15H,7-13H2,1H3;2-6,14H,7-12H2,1H3;2-6,10H,7-8H2,1H3;1-4H2;1H4;1H. The molecule has 2 spiro atoms. The number of hydrogen-bond donors (Lipinski definition) is 1. The average molecular weight is 1040 g/mol. The Balaban J connectivity index is 0.000000209. The van der Waals surface area contributed by atoms with Gasteiger partial charge < -0.3 is 48.4 Å². The summed E-state index contributed by atoms with van der Waals surface area (Å²) in [5.74, 6) is 1.85. The number of nitrogens with zero attached hydrogens (tertiary/aromatic N) is 3. The van der Waals surface area contributed by atoms with Crippen molar-refractivity contribution in [3.05, 3.63) is 144 Å². The van der Waals surface area contributed by atoms with Crippen molar-refractivity contribution >= 4 is 11.6 Å². The van der Waals surface area contributed by atoms with E-state index in [-0.39, 0.29) is 29.3 Å². The van der Waals surface area contributed by atoms with E-state index in [1.54, 1.807) is 0 Å². The van der Waals surface area contributed by atoms with Crippen molar-refractivity contribution in [2.24, 2.45) is 17.8 Å². The normalized spacial score (nSPS) is 23.4. The second kappa shape index (κ2) is 35.2. The van der Waals surface area contributed by atoms with Crippen LogP contribution in [0.2, 0.25) is 0 Å². The molecule has 0 amide bonds. The molecule has 6 heterocycles. The minimum absolute atomic E-state index is 0. The van der Waals surface area contributed by atoms with Crippen molar-refractivity contribution in [3.63, 3.8) is 0 Å². The lowest BCUT2D eigenvalue weighted by Crippen LogP contribution is -2.42. The Hall–Kier alpha value is -4.25. The van der Waals surface area contributed by atoms with Gasteiger partial charge in [-0.2, -0.15) is 0 Å². The molecule has 0 radical (unpaired) electrons. The molecule has 12 nitrogen and oxygen atoms in total. The van der Waals surface area contributed by atoms with Crippen LogP contribution >= 0.6 is 0 Å². The molecule has 0 bridgehead atoms. The van der Waals surface area contributed by atoms with Crippen LogP contribution in [0.25, 0.3) is 0 Å². The predicted molar refractivity (Wildman–Crippen MR) is 300 cm³/mol. The summed E-state index contributed by atoms with van der Waals surface area (Å²) >= 11 is 0. The van der Waals surface area contributed by atoms with Gasteiger partial charge in [-0.1, -0.05) is 129 Å². The second-order valence-electron chi connectivity index (χ2n) is 20.7. The number of halogens is 1. The number of ketones is 2. The molecule has 5 unspecified atom stereocenters. The number of hydrogen-bond acceptors (Lipinski definition) is 12. The van der Waals surface area contributed by atoms with Gasteiger partial charge in [0.05, 0.1) is 58.8 Å². The highest BCUT2D eigenvalue weighted by atomic mass is 19.0. The van der Waals surface area contributed by atoms with Crippen LogP contribution in [0, 0.1) is 17.8 Å². The van der Waals surface area contributed by atoms with Crippen LogP contribution in [-0.4, -0.2) is 178 Å². The maximum Gasteiger partial charge on any atom is 0.141 e. The van der Waals surface area contributed by atoms with E-state index in [0.717, 1.165) is 124 Å². The van der Waals surface area contributed by atoms with E-state index in [0.29, 0.717) is 69.1 Å². The number of likely N-dealkylation sites (N-methyl/N-ethyl adjacent to an activating group) is 4. The Morgan fingerprint density at radius 3 is 1.20 bits per heavy atom. The van der Waals surface area contributed by atoms with Gasteiger partial charge in [0.2, 0.25) is 0 Å². The highest BCUT2D eigenvalue weighted by molar-refractivity contribution is 5.82. The molecule has 4 aromatic carbocycles. The van der Waals surface area contributed by atoms with E-state index in [1.165, 1.54) is 22.3 Å². The Kier molecular flexibility index (Phi) is 29.7. The lowest BCUT2D eigenvalue weighted by Gasteiger charge is -2.32. The predicted octanol–water partition coefficient (Wildman–Crippen LogP) is 8.30. The number of nitrogens with one attached hydrogen (secondary N) is 1. The second-order valence-corrected chi connectivity index (χ2v) is 20.7. The quantitative estimate of drug-likeness (QED) is 0.0967. The zero-order valence-corrected chi connectivity index (χ0v) is 45.2. The van der Waals surface area contributed by atoms with Gasteiger partial charge in [-0.15, -0.1) is 0 Å². The minimum Gasteiger partial charge on any atom is -0.381 e. The summed E-state index contributed by atoms with van der Waals surface area (Å²) in [7, 11) is 8.45. The monoisotopic (exact) mass is 1040 g/mol. The number of ether oxygens (including phenoxy) is 6. The van der Waals surface area contributed by atoms with Gasteiger partial charge >= 0.3 is 0 Å². The van der Waals surface area contributed by atoms with E-state index in [1.807, 2.05) is 19.2 Å². The van der Waals surface area contributed by atoms with Crippen LogP contribution in [0.15, 0.2) is 121 Å². The minimum atomic E-state index is 0. The van der Waals surface area contributed by atoms with Gasteiger partial charge in [-0.05, 0) is 82.7 Å². The molecule has 6 saturated heterocycles. The van der Waals surface area contributed by atoms with Gasteiger partial charge in [0.25, 0.3) is 0 Å². The van der Waals surface area contributed by atoms with Crippen LogP contribution < -0.4 is 5.32 Å². The molecule has 416 valence electrons. The molecule has 1 N–H and O–H groups in total. The summed E-state index contributed by atoms with van der Waals surface area (Å²) in [5, 5.41) is 3.12. The largest absolute Gasteiger partial charge is 0.381 e. The van der Waals surface area contributed by atoms with Crippen LogP contribution in [0.5, 0.6) is 0 Å². The van der Waals surface area contributed by atoms with E-state index in [9.17, 15) is 9.59 Å². The third kappa shape index (κ3) is 23.9. The number of rotatable bonds is 18. The first kappa shape index (κ1) is 63.3. The van der Waals surface area contributed by atoms with Crippen molar-refractivity contribution in [3.8, 4) is 0 Å². The fourth-order valence-corrected chi connectivity index (χ4v) is 9.70. The summed E-state index contributed by atoms with van der Waals surface area (Å²) in [6.45, 7) is 15.0. The summed E-state index contributed by atoms with van der Waals surface area (Å²) in [6.07, 6.45) is 8.35. The SMILES string of the molecule is C.CN(CCc1ccccc1)CC1COCCC12CO2.CN(CCc1ccccc1)CC1COCCC12CO2.CN(CCc1ccccc1)CC1COCCC1=O.CNCCc1ccccc1.F.O=C1CCOCC1. The zero-order chi connectivity index (χ0) is 51.4. The van der Waals surface area contributed by atoms with Gasteiger partial charge in [0.15, 0.2) is 0 Å². The van der Waals surface area contributed by atoms with Crippen molar-refractivity contribution in [2.45, 2.75) is 76.4 Å². The summed E-state index contributed by atoms with van der Waals surface area (Å²) in [4.78, 5) is 29.1. The number of carbonyl (C=O) groups is 2. The number of epoxide rings is 2. The maximum absolute atomic E-state index is 11.7. The van der Waals surface area contributed by atoms with Crippen LogP contribution in [0.1, 0.15) is 61.8 Å². The van der Waals surface area contributed by atoms with Gasteiger partial charge in [0.1, 0.15) is 22.8 Å². The zero-order valence-electron chi connectivity index (χ0n) is 45.2. The third-order valence-electron chi connectivity index (χ3n) is 14.8. The van der Waals surface area contributed by atoms with Gasteiger partial charge in [-0.25, -0.2) is 0 Å². The van der Waals surface area contributed by atoms with Gasteiger partial charge in [0, 0.05) is 96.4 Å². The lowest BCUT2D eigenvalue weighted by atomic mass is 9.88. The van der Waals surface area contributed by atoms with E-state index >= 15 is 0 Å². The highest BCUT2D eigenvalue weighted by Gasteiger charge is 2.54. The Labute approximate surface area is 450 Å². The molecule has 6 aliphatic heterocycles. The van der Waals surface area contributed by atoms with Crippen LogP contribution in [-0.2, 0) is 63.7 Å². The third-order valence-corrected chi connectivity index (χ3v) is 14.8. The first-order valence-corrected chi connectivity index (χ1v) is 27.1. The molecule has 75 heavy (non-hydrogen) atoms. The molecule has 6 fully saturated rings. The Bertz CT molecular complexity index is 2010. The summed E-state index contributed by atoms with van der Waals surface area (Å²) in [6, 6.07) is 42.3. The van der Waals surface area contributed by atoms with E-state index < -0.39 is 0 Å². The fraction of sp³-hybridized carbons (Fsp3) is 0.581. The van der Waals surface area contributed by atoms with Crippen molar-refractivity contribution in [2.75, 3.05) is 140 Å². The molecular weight excluding hydrogens is 948 g/mol. The fourth-order valence-electron chi connectivity index (χ4n) is 9.70. The van der Waals surface area contributed by atoms with Gasteiger partial charge in [-0.3, -0.25) is 14.3 Å². The molecule has 5 atom stereocenters. The summed E-state index contributed by atoms with van der Waals surface area (Å²) in [5.41, 5.74) is 5.89. The molecule has 0 aromatic heterocycles. The first-order chi connectivity index (χ1) is 35.6. The first-order valence-electron chi connectivity index (χ1n) is 27.1. The molecule has 10 rings (SSSR count). The van der Waals surface area contributed by atoms with Crippen LogP contribution in [0.4, 0.5) is 4.70 Å². The molecule has 6 aliphatic rings. The molecule has 13 heteroatoms. The topological polar surface area (TPSA) is 118 Å². The molecule has 4 aromatic rings. The lowest BCUT2D eigenvalue weighted by molar-refractivity contribution is -0.131. The van der Waals surface area contributed by atoms with Crippen molar-refractivity contribution in [1.82, 2.24) is 20.0 Å². The number of Topliss-reactive ketones (excluding diaryl/α,β-unsaturated/α-hetero) is 2. The van der Waals surface area contributed by atoms with Crippen molar-refractivity contribution < 1.29 is 42.7 Å². The van der Waals surface area contributed by atoms with E-state index in [4.69, 9.17) is 28.4 Å². The number of benzene rings is 4.